The van der Waals surface area contributed by atoms with Gasteiger partial charge in [0.2, 0.25) is 17.7 Å². The van der Waals surface area contributed by atoms with Crippen LogP contribution in [0.3, 0.4) is 0 Å². The molecule has 3 atom stereocenters. The molecule has 0 aliphatic carbocycles. The second kappa shape index (κ2) is 12.2. The molecule has 0 unspecified atom stereocenters. The van der Waals surface area contributed by atoms with E-state index >= 15 is 0 Å². The average Bonchev–Trinajstić information content (AvgIpc) is 3.47. The van der Waals surface area contributed by atoms with Gasteiger partial charge in [-0.2, -0.15) is 13.2 Å². The molecule has 3 heterocycles. The summed E-state index contributed by atoms with van der Waals surface area (Å²) in [5, 5.41) is 1.97. The molecule has 15 heteroatoms. The molecule has 0 spiro atoms. The van der Waals surface area contributed by atoms with Crippen LogP contribution < -0.4 is 24.6 Å². The van der Waals surface area contributed by atoms with Crippen LogP contribution in [0.5, 0.6) is 11.5 Å². The molecule has 6 rings (SSSR count). The van der Waals surface area contributed by atoms with Crippen molar-refractivity contribution in [3.8, 4) is 11.5 Å². The summed E-state index contributed by atoms with van der Waals surface area (Å²) in [6.45, 7) is -0.622. The third-order valence-electron chi connectivity index (χ3n) is 7.71. The molecule has 0 radical (unpaired) electrons. The van der Waals surface area contributed by atoms with Crippen LogP contribution >= 0.6 is 34.7 Å². The molecule has 1 fully saturated rings. The number of imide groups is 1. The quantitative estimate of drug-likeness (QED) is 0.236. The van der Waals surface area contributed by atoms with E-state index in [1.54, 1.807) is 42.5 Å². The number of aromatic nitrogens is 1. The number of carbonyl (C=O) groups is 3. The van der Waals surface area contributed by atoms with Crippen molar-refractivity contribution in [1.82, 2.24) is 4.57 Å². The largest absolute Gasteiger partial charge is 0.493 e. The van der Waals surface area contributed by atoms with Crippen LogP contribution in [0.15, 0.2) is 76.6 Å². The highest BCUT2D eigenvalue weighted by Gasteiger charge is 2.57. The topological polar surface area (TPSA) is 107 Å². The number of alkyl halides is 3. The number of ether oxygens (including phenoxy) is 2. The van der Waals surface area contributed by atoms with Gasteiger partial charge in [0, 0.05) is 15.8 Å². The van der Waals surface area contributed by atoms with Crippen molar-refractivity contribution in [3.63, 3.8) is 0 Å². The number of methoxy groups -OCH3 is 2. The summed E-state index contributed by atoms with van der Waals surface area (Å²) in [5.41, 5.74) is -0.608. The standard InChI is InChI=1S/C31H23ClF3N3O6S2/c1-43-20-12-7-15(13-21(20)44-2)23-24-25(28(41)38(27(24)40)17-10-8-16(32)9-11-17)45-29-26(23)46-30(42)37(29)14-22(39)36-19-6-4-3-5-18(19)31(33,34)35/h3-13,23-25H,14H2,1-2H3,(H,36,39)/t23-,24-,25+/m0/s1. The average molecular weight is 690 g/mol. The van der Waals surface area contributed by atoms with Gasteiger partial charge in [-0.15, -0.1) is 0 Å². The summed E-state index contributed by atoms with van der Waals surface area (Å²) >= 11 is 7.82. The van der Waals surface area contributed by atoms with Gasteiger partial charge in [-0.25, -0.2) is 4.90 Å². The second-order valence-electron chi connectivity index (χ2n) is 10.4. The number of hydrogen-bond donors (Lipinski definition) is 1. The lowest BCUT2D eigenvalue weighted by Crippen LogP contribution is -2.33. The Morgan fingerprint density at radius 3 is 2.33 bits per heavy atom. The van der Waals surface area contributed by atoms with Gasteiger partial charge >= 0.3 is 11.0 Å². The normalized spacial score (nSPS) is 19.1. The Morgan fingerprint density at radius 2 is 1.65 bits per heavy atom. The van der Waals surface area contributed by atoms with Crippen LogP contribution in [-0.4, -0.2) is 41.8 Å². The molecule has 3 aromatic carbocycles. The highest BCUT2D eigenvalue weighted by Crippen LogP contribution is 2.54. The maximum atomic E-state index is 14.1. The molecule has 0 bridgehead atoms. The zero-order valence-corrected chi connectivity index (χ0v) is 26.4. The molecule has 1 N–H and O–H groups in total. The van der Waals surface area contributed by atoms with Crippen LogP contribution in [0, 0.1) is 5.92 Å². The fraction of sp³-hybridized carbons (Fsp3) is 0.226. The third-order valence-corrected chi connectivity index (χ3v) is 10.6. The molecule has 1 aromatic heterocycles. The third kappa shape index (κ3) is 5.54. The van der Waals surface area contributed by atoms with Crippen molar-refractivity contribution in [2.45, 2.75) is 28.9 Å². The predicted octanol–water partition coefficient (Wildman–Crippen LogP) is 6.03. The minimum Gasteiger partial charge on any atom is -0.493 e. The van der Waals surface area contributed by atoms with Gasteiger partial charge in [-0.1, -0.05) is 52.9 Å². The number of thioether (sulfide) groups is 1. The number of rotatable bonds is 7. The number of anilines is 2. The Labute approximate surface area is 272 Å². The maximum Gasteiger partial charge on any atom is 0.418 e. The molecular formula is C31H23ClF3N3O6S2. The summed E-state index contributed by atoms with van der Waals surface area (Å²) < 4.78 is 52.6. The van der Waals surface area contributed by atoms with E-state index in [0.29, 0.717) is 32.6 Å². The van der Waals surface area contributed by atoms with E-state index in [-0.39, 0.29) is 5.03 Å². The molecule has 1 saturated heterocycles. The van der Waals surface area contributed by atoms with Crippen molar-refractivity contribution >= 4 is 63.8 Å². The van der Waals surface area contributed by atoms with Crippen molar-refractivity contribution in [2.24, 2.45) is 5.92 Å². The van der Waals surface area contributed by atoms with E-state index in [9.17, 15) is 32.3 Å². The molecule has 238 valence electrons. The number of fused-ring (bicyclic) bond motifs is 2. The van der Waals surface area contributed by atoms with Crippen molar-refractivity contribution < 1.29 is 37.0 Å². The second-order valence-corrected chi connectivity index (χ2v) is 12.9. The Kier molecular flexibility index (Phi) is 8.38. The van der Waals surface area contributed by atoms with Gasteiger partial charge in [0.15, 0.2) is 11.5 Å². The molecule has 2 aliphatic rings. The fourth-order valence-corrected chi connectivity index (χ4v) is 8.58. The molecule has 2 aliphatic heterocycles. The van der Waals surface area contributed by atoms with E-state index < -0.39 is 63.7 Å². The molecular weight excluding hydrogens is 667 g/mol. The van der Waals surface area contributed by atoms with E-state index in [0.717, 1.165) is 44.7 Å². The number of halogens is 4. The van der Waals surface area contributed by atoms with Gasteiger partial charge in [0.1, 0.15) is 11.8 Å². The summed E-state index contributed by atoms with van der Waals surface area (Å²) in [7, 11) is 2.92. The fourth-order valence-electron chi connectivity index (χ4n) is 5.68. The minimum atomic E-state index is -4.72. The summed E-state index contributed by atoms with van der Waals surface area (Å²) in [6.07, 6.45) is -4.72. The Balaban J connectivity index is 1.43. The van der Waals surface area contributed by atoms with Crippen LogP contribution in [0.25, 0.3) is 0 Å². The lowest BCUT2D eigenvalue weighted by Gasteiger charge is -2.31. The van der Waals surface area contributed by atoms with E-state index in [2.05, 4.69) is 5.32 Å². The zero-order valence-electron chi connectivity index (χ0n) is 24.0. The minimum absolute atomic E-state index is 0.273. The van der Waals surface area contributed by atoms with Gasteiger partial charge in [0.05, 0.1) is 42.1 Å². The highest BCUT2D eigenvalue weighted by molar-refractivity contribution is 8.00. The molecule has 4 aromatic rings. The lowest BCUT2D eigenvalue weighted by atomic mass is 9.83. The van der Waals surface area contributed by atoms with Gasteiger partial charge < -0.3 is 14.8 Å². The first-order valence-corrected chi connectivity index (χ1v) is 15.7. The number of nitrogens with zero attached hydrogens (tertiary/aromatic N) is 2. The monoisotopic (exact) mass is 689 g/mol. The van der Waals surface area contributed by atoms with Crippen LogP contribution in [-0.2, 0) is 27.1 Å². The molecule has 9 nitrogen and oxygen atoms in total. The number of para-hydroxylation sites is 1. The first-order chi connectivity index (χ1) is 21.9. The summed E-state index contributed by atoms with van der Waals surface area (Å²) in [4.78, 5) is 55.4. The van der Waals surface area contributed by atoms with Gasteiger partial charge in [-0.3, -0.25) is 23.7 Å². The van der Waals surface area contributed by atoms with Gasteiger partial charge in [-0.05, 0) is 54.1 Å². The molecule has 0 saturated carbocycles. The first-order valence-electron chi connectivity index (χ1n) is 13.6. The van der Waals surface area contributed by atoms with Crippen LogP contribution in [0.1, 0.15) is 21.9 Å². The Bertz CT molecular complexity index is 1930. The molecule has 46 heavy (non-hydrogen) atoms. The summed E-state index contributed by atoms with van der Waals surface area (Å²) in [5.74, 6) is -2.83. The highest BCUT2D eigenvalue weighted by atomic mass is 35.5. The number of nitrogens with one attached hydrogen (secondary N) is 1. The van der Waals surface area contributed by atoms with E-state index in [1.807, 2.05) is 0 Å². The number of thiazole rings is 1. The van der Waals surface area contributed by atoms with E-state index in [4.69, 9.17) is 21.1 Å². The predicted molar refractivity (Wildman–Crippen MR) is 167 cm³/mol. The smallest absolute Gasteiger partial charge is 0.418 e. The maximum absolute atomic E-state index is 14.1. The molecule has 3 amide bonds. The Morgan fingerprint density at radius 1 is 0.957 bits per heavy atom. The SMILES string of the molecule is COc1ccc([C@@H]2c3sc(=O)n(CC(=O)Nc4ccccc4C(F)(F)F)c3S[C@H]3C(=O)N(c4ccc(Cl)cc4)C(=O)[C@@H]23)cc1OC. The van der Waals surface area contributed by atoms with Crippen LogP contribution in [0.2, 0.25) is 5.02 Å². The number of amides is 3. The number of carbonyl (C=O) groups excluding carboxylic acids is 3. The van der Waals surface area contributed by atoms with Gasteiger partial charge in [0.25, 0.3) is 0 Å². The van der Waals surface area contributed by atoms with Crippen molar-refractivity contribution in [1.29, 1.82) is 0 Å². The summed E-state index contributed by atoms with van der Waals surface area (Å²) in [6, 6.07) is 15.8. The van der Waals surface area contributed by atoms with E-state index in [1.165, 1.54) is 26.4 Å². The van der Waals surface area contributed by atoms with Crippen LogP contribution in [0.4, 0.5) is 24.5 Å². The van der Waals surface area contributed by atoms with Crippen molar-refractivity contribution in [2.75, 3.05) is 24.4 Å². The Hall–Kier alpha value is -4.27. The zero-order chi connectivity index (χ0) is 32.9. The number of benzene rings is 3. The van der Waals surface area contributed by atoms with Crippen molar-refractivity contribution in [3.05, 3.63) is 97.4 Å². The first kappa shape index (κ1) is 31.7. The number of hydrogen-bond acceptors (Lipinski definition) is 8. The lowest BCUT2D eigenvalue weighted by molar-refractivity contribution is -0.137.